The topological polar surface area (TPSA) is 25.8 Å². The highest BCUT2D eigenvalue weighted by Crippen LogP contribution is 2.29. The molecule has 1 heterocycles. The molecule has 6 heteroatoms. The maximum absolute atomic E-state index is 13.0. The van der Waals surface area contributed by atoms with E-state index in [1.54, 1.807) is 13.0 Å². The molecule has 1 aromatic carbocycles. The second-order valence-corrected chi connectivity index (χ2v) is 4.95. The van der Waals surface area contributed by atoms with Crippen molar-refractivity contribution in [3.8, 4) is 11.4 Å². The summed E-state index contributed by atoms with van der Waals surface area (Å²) < 4.78 is 13.5. The van der Waals surface area contributed by atoms with E-state index in [-0.39, 0.29) is 16.1 Å². The van der Waals surface area contributed by atoms with Gasteiger partial charge in [-0.25, -0.2) is 14.4 Å². The van der Waals surface area contributed by atoms with E-state index in [2.05, 4.69) is 25.9 Å². The van der Waals surface area contributed by atoms with Gasteiger partial charge in [-0.3, -0.25) is 0 Å². The highest BCUT2D eigenvalue weighted by molar-refractivity contribution is 9.10. The van der Waals surface area contributed by atoms with Crippen LogP contribution < -0.4 is 0 Å². The maximum atomic E-state index is 13.0. The van der Waals surface area contributed by atoms with Crippen LogP contribution in [0.3, 0.4) is 0 Å². The van der Waals surface area contributed by atoms with E-state index in [9.17, 15) is 4.39 Å². The number of hydrogen-bond donors (Lipinski definition) is 0. The molecule has 17 heavy (non-hydrogen) atoms. The van der Waals surface area contributed by atoms with Crippen LogP contribution in [0, 0.1) is 12.7 Å². The maximum Gasteiger partial charge on any atom is 0.163 e. The van der Waals surface area contributed by atoms with E-state index in [1.165, 1.54) is 12.1 Å². The summed E-state index contributed by atoms with van der Waals surface area (Å²) in [5.74, 6) is 0.0161. The van der Waals surface area contributed by atoms with Crippen molar-refractivity contribution in [3.05, 3.63) is 44.4 Å². The van der Waals surface area contributed by atoms with Crippen molar-refractivity contribution < 1.29 is 4.39 Å². The van der Waals surface area contributed by atoms with Crippen molar-refractivity contribution in [3.63, 3.8) is 0 Å². The number of halogens is 4. The molecular formula is C11H6BrCl2FN2. The Morgan fingerprint density at radius 1 is 1.18 bits per heavy atom. The third-order valence-electron chi connectivity index (χ3n) is 2.20. The standard InChI is InChI=1S/C11H6BrCl2FN2/c1-5-9(13)16-11(17-10(5)14)7-3-2-6(15)4-8(7)12/h2-4H,1H3. The molecule has 0 aliphatic carbocycles. The minimum atomic E-state index is -0.343. The molecule has 0 N–H and O–H groups in total. The van der Waals surface area contributed by atoms with Crippen molar-refractivity contribution in [1.82, 2.24) is 9.97 Å². The van der Waals surface area contributed by atoms with Crippen LogP contribution in [-0.2, 0) is 0 Å². The van der Waals surface area contributed by atoms with E-state index in [0.29, 0.717) is 21.4 Å². The fourth-order valence-corrected chi connectivity index (χ4v) is 2.17. The lowest BCUT2D eigenvalue weighted by molar-refractivity contribution is 0.627. The van der Waals surface area contributed by atoms with Crippen molar-refractivity contribution in [2.75, 3.05) is 0 Å². The molecule has 0 unspecified atom stereocenters. The monoisotopic (exact) mass is 334 g/mol. The van der Waals surface area contributed by atoms with Gasteiger partial charge in [-0.2, -0.15) is 0 Å². The average Bonchev–Trinajstić information content (AvgIpc) is 2.25. The van der Waals surface area contributed by atoms with Crippen molar-refractivity contribution in [2.45, 2.75) is 6.92 Å². The minimum absolute atomic E-state index is 0.288. The van der Waals surface area contributed by atoms with Gasteiger partial charge in [0.15, 0.2) is 5.82 Å². The molecule has 0 atom stereocenters. The Bertz CT molecular complexity index is 567. The first-order chi connectivity index (χ1) is 7.99. The zero-order valence-electron chi connectivity index (χ0n) is 8.64. The predicted octanol–water partition coefficient (Wildman–Crippen LogP) is 4.66. The Morgan fingerprint density at radius 2 is 1.76 bits per heavy atom. The molecule has 0 fully saturated rings. The smallest absolute Gasteiger partial charge is 0.163 e. The summed E-state index contributed by atoms with van der Waals surface area (Å²) in [6.07, 6.45) is 0. The summed E-state index contributed by atoms with van der Waals surface area (Å²) in [5, 5.41) is 0.576. The molecule has 0 aliphatic rings. The summed E-state index contributed by atoms with van der Waals surface area (Å²) in [5.41, 5.74) is 1.26. The molecule has 0 aliphatic heterocycles. The highest BCUT2D eigenvalue weighted by atomic mass is 79.9. The van der Waals surface area contributed by atoms with Gasteiger partial charge in [0.1, 0.15) is 16.1 Å². The van der Waals surface area contributed by atoms with Gasteiger partial charge in [-0.15, -0.1) is 0 Å². The van der Waals surface area contributed by atoms with E-state index in [0.717, 1.165) is 0 Å². The lowest BCUT2D eigenvalue weighted by Gasteiger charge is -2.06. The third kappa shape index (κ3) is 2.59. The molecule has 0 saturated heterocycles. The van der Waals surface area contributed by atoms with Gasteiger partial charge in [0, 0.05) is 15.6 Å². The molecule has 0 saturated carbocycles. The number of hydrogen-bond acceptors (Lipinski definition) is 2. The third-order valence-corrected chi connectivity index (χ3v) is 3.59. The van der Waals surface area contributed by atoms with Crippen molar-refractivity contribution in [2.24, 2.45) is 0 Å². The van der Waals surface area contributed by atoms with Crippen molar-refractivity contribution in [1.29, 1.82) is 0 Å². The number of benzene rings is 1. The molecule has 2 rings (SSSR count). The van der Waals surface area contributed by atoms with Crippen LogP contribution in [0.2, 0.25) is 10.3 Å². The van der Waals surface area contributed by atoms with Crippen molar-refractivity contribution >= 4 is 39.1 Å². The van der Waals surface area contributed by atoms with Crippen LogP contribution in [0.5, 0.6) is 0 Å². The number of nitrogens with zero attached hydrogens (tertiary/aromatic N) is 2. The van der Waals surface area contributed by atoms with Crippen LogP contribution >= 0.6 is 39.1 Å². The first-order valence-corrected chi connectivity index (χ1v) is 6.19. The quantitative estimate of drug-likeness (QED) is 0.708. The lowest BCUT2D eigenvalue weighted by atomic mass is 10.2. The van der Waals surface area contributed by atoms with Crippen LogP contribution in [-0.4, -0.2) is 9.97 Å². The SMILES string of the molecule is Cc1c(Cl)nc(-c2ccc(F)cc2Br)nc1Cl. The summed E-state index contributed by atoms with van der Waals surface area (Å²) >= 11 is 15.1. The fraction of sp³-hybridized carbons (Fsp3) is 0.0909. The van der Waals surface area contributed by atoms with Gasteiger partial charge in [-0.05, 0) is 41.1 Å². The van der Waals surface area contributed by atoms with Gasteiger partial charge < -0.3 is 0 Å². The molecular weight excluding hydrogens is 330 g/mol. The lowest BCUT2D eigenvalue weighted by Crippen LogP contribution is -1.94. The molecule has 0 bridgehead atoms. The number of aromatic nitrogens is 2. The summed E-state index contributed by atoms with van der Waals surface area (Å²) in [7, 11) is 0. The summed E-state index contributed by atoms with van der Waals surface area (Å²) in [6, 6.07) is 4.22. The van der Waals surface area contributed by atoms with Crippen LogP contribution in [0.15, 0.2) is 22.7 Å². The van der Waals surface area contributed by atoms with Gasteiger partial charge in [0.2, 0.25) is 0 Å². The van der Waals surface area contributed by atoms with E-state index in [1.807, 2.05) is 0 Å². The zero-order chi connectivity index (χ0) is 12.6. The van der Waals surface area contributed by atoms with Crippen LogP contribution in [0.4, 0.5) is 4.39 Å². The first-order valence-electron chi connectivity index (χ1n) is 4.64. The predicted molar refractivity (Wildman–Crippen MR) is 69.9 cm³/mol. The minimum Gasteiger partial charge on any atom is -0.216 e. The largest absolute Gasteiger partial charge is 0.216 e. The van der Waals surface area contributed by atoms with Gasteiger partial charge in [0.05, 0.1) is 0 Å². The summed E-state index contributed by atoms with van der Waals surface area (Å²) in [4.78, 5) is 8.22. The van der Waals surface area contributed by atoms with Crippen LogP contribution in [0.1, 0.15) is 5.56 Å². The molecule has 1 aromatic heterocycles. The Labute approximate surface area is 116 Å². The van der Waals surface area contributed by atoms with Gasteiger partial charge in [0.25, 0.3) is 0 Å². The first kappa shape index (κ1) is 12.7. The Morgan fingerprint density at radius 3 is 2.29 bits per heavy atom. The molecule has 2 aromatic rings. The Balaban J connectivity index is 2.61. The highest BCUT2D eigenvalue weighted by Gasteiger charge is 2.12. The summed E-state index contributed by atoms with van der Waals surface area (Å²) in [6.45, 7) is 1.73. The molecule has 2 nitrogen and oxygen atoms in total. The van der Waals surface area contributed by atoms with E-state index in [4.69, 9.17) is 23.2 Å². The van der Waals surface area contributed by atoms with Gasteiger partial charge >= 0.3 is 0 Å². The fourth-order valence-electron chi connectivity index (χ4n) is 1.26. The van der Waals surface area contributed by atoms with E-state index < -0.39 is 0 Å². The Kier molecular flexibility index (Phi) is 3.66. The molecule has 0 radical (unpaired) electrons. The molecule has 88 valence electrons. The van der Waals surface area contributed by atoms with Gasteiger partial charge in [-0.1, -0.05) is 23.2 Å². The normalized spacial score (nSPS) is 10.6. The van der Waals surface area contributed by atoms with E-state index >= 15 is 0 Å². The number of rotatable bonds is 1. The second kappa shape index (κ2) is 4.88. The van der Waals surface area contributed by atoms with Crippen LogP contribution in [0.25, 0.3) is 11.4 Å². The molecule has 0 spiro atoms. The zero-order valence-corrected chi connectivity index (χ0v) is 11.7. The second-order valence-electron chi connectivity index (χ2n) is 3.38. The molecule has 0 amide bonds. The Hall–Kier alpha value is -0.710. The average molecular weight is 336 g/mol.